The topological polar surface area (TPSA) is 92.5 Å². The molecule has 0 heterocycles. The van der Waals surface area contributed by atoms with Gasteiger partial charge in [-0.15, -0.1) is 0 Å². The quantitative estimate of drug-likeness (QED) is 0.620. The molecule has 0 bridgehead atoms. The van der Waals surface area contributed by atoms with Gasteiger partial charge in [0.25, 0.3) is 5.69 Å². The largest absolute Gasteiger partial charge is 0.481 e. The predicted molar refractivity (Wildman–Crippen MR) is 77.3 cm³/mol. The Morgan fingerprint density at radius 3 is 2.55 bits per heavy atom. The fraction of sp³-hybridized carbons (Fsp3) is 0.462. The van der Waals surface area contributed by atoms with Crippen LogP contribution in [0.15, 0.2) is 12.1 Å². The average molecular weight is 301 g/mol. The highest BCUT2D eigenvalue weighted by Crippen LogP contribution is 2.31. The van der Waals surface area contributed by atoms with E-state index in [1.54, 1.807) is 6.92 Å². The number of aryl methyl sites for hydroxylation is 1. The van der Waals surface area contributed by atoms with E-state index >= 15 is 0 Å². The minimum absolute atomic E-state index is 0.0286. The van der Waals surface area contributed by atoms with Gasteiger partial charge in [-0.05, 0) is 24.5 Å². The molecule has 2 N–H and O–H groups in total. The number of nitro benzene ring substituents is 1. The summed E-state index contributed by atoms with van der Waals surface area (Å²) in [4.78, 5) is 21.1. The molecule has 0 radical (unpaired) electrons. The van der Waals surface area contributed by atoms with Crippen molar-refractivity contribution in [1.29, 1.82) is 0 Å². The average Bonchev–Trinajstić information content (AvgIpc) is 2.31. The summed E-state index contributed by atoms with van der Waals surface area (Å²) in [6.07, 6.45) is -0.0360. The molecule has 20 heavy (non-hydrogen) atoms. The van der Waals surface area contributed by atoms with Crippen LogP contribution >= 0.6 is 11.6 Å². The van der Waals surface area contributed by atoms with Gasteiger partial charge in [-0.1, -0.05) is 25.4 Å². The summed E-state index contributed by atoms with van der Waals surface area (Å²) in [7, 11) is 0. The van der Waals surface area contributed by atoms with Gasteiger partial charge in [-0.3, -0.25) is 14.9 Å². The standard InChI is InChI=1S/C13H17ClN2O4/c1-7(2)10(6-13(17)18)15-11-5-9(14)12(16(19)20)4-8(11)3/h4-5,7,10,15H,6H2,1-3H3,(H,17,18). The van der Waals surface area contributed by atoms with Crippen LogP contribution in [0.4, 0.5) is 11.4 Å². The lowest BCUT2D eigenvalue weighted by Crippen LogP contribution is -2.28. The summed E-state index contributed by atoms with van der Waals surface area (Å²) in [5, 5.41) is 22.8. The lowest BCUT2D eigenvalue weighted by molar-refractivity contribution is -0.384. The molecule has 110 valence electrons. The molecule has 1 atom stereocenters. The zero-order valence-corrected chi connectivity index (χ0v) is 12.3. The Morgan fingerprint density at radius 1 is 1.50 bits per heavy atom. The summed E-state index contributed by atoms with van der Waals surface area (Å²) in [6.45, 7) is 5.52. The van der Waals surface area contributed by atoms with Crippen LogP contribution in [0.2, 0.25) is 5.02 Å². The Balaban J connectivity index is 3.04. The van der Waals surface area contributed by atoms with E-state index in [2.05, 4.69) is 5.32 Å². The highest BCUT2D eigenvalue weighted by molar-refractivity contribution is 6.33. The van der Waals surface area contributed by atoms with Crippen molar-refractivity contribution >= 4 is 28.9 Å². The first kappa shape index (κ1) is 16.2. The van der Waals surface area contributed by atoms with Crippen molar-refractivity contribution in [2.24, 2.45) is 5.92 Å². The van der Waals surface area contributed by atoms with E-state index in [-0.39, 0.29) is 29.1 Å². The smallest absolute Gasteiger partial charge is 0.305 e. The van der Waals surface area contributed by atoms with Gasteiger partial charge in [0, 0.05) is 17.8 Å². The van der Waals surface area contributed by atoms with Crippen LogP contribution in [0.25, 0.3) is 0 Å². The third-order valence-electron chi connectivity index (χ3n) is 3.03. The van der Waals surface area contributed by atoms with Crippen molar-refractivity contribution in [3.05, 3.63) is 32.8 Å². The molecule has 1 unspecified atom stereocenters. The number of carboxylic acids is 1. The zero-order chi connectivity index (χ0) is 15.4. The van der Waals surface area contributed by atoms with Crippen LogP contribution in [0.1, 0.15) is 25.8 Å². The predicted octanol–water partition coefficient (Wildman–Crippen LogP) is 3.47. The summed E-state index contributed by atoms with van der Waals surface area (Å²) < 4.78 is 0. The van der Waals surface area contributed by atoms with Crippen molar-refractivity contribution in [2.45, 2.75) is 33.2 Å². The van der Waals surface area contributed by atoms with Crippen molar-refractivity contribution in [3.8, 4) is 0 Å². The number of carboxylic acid groups (broad SMARTS) is 1. The second-order valence-corrected chi connectivity index (χ2v) is 5.38. The molecule has 0 saturated carbocycles. The molecule has 0 spiro atoms. The maximum absolute atomic E-state index is 10.8. The van der Waals surface area contributed by atoms with Gasteiger partial charge < -0.3 is 10.4 Å². The van der Waals surface area contributed by atoms with Gasteiger partial charge in [-0.2, -0.15) is 0 Å². The van der Waals surface area contributed by atoms with Gasteiger partial charge in [-0.25, -0.2) is 0 Å². The number of nitro groups is 1. The van der Waals surface area contributed by atoms with E-state index in [0.29, 0.717) is 11.3 Å². The minimum Gasteiger partial charge on any atom is -0.481 e. The van der Waals surface area contributed by atoms with Crippen molar-refractivity contribution in [3.63, 3.8) is 0 Å². The van der Waals surface area contributed by atoms with Crippen LogP contribution in [-0.4, -0.2) is 22.0 Å². The van der Waals surface area contributed by atoms with Crippen molar-refractivity contribution < 1.29 is 14.8 Å². The van der Waals surface area contributed by atoms with Crippen LogP contribution < -0.4 is 5.32 Å². The first-order valence-corrected chi connectivity index (χ1v) is 6.53. The summed E-state index contributed by atoms with van der Waals surface area (Å²) in [6, 6.07) is 2.57. The summed E-state index contributed by atoms with van der Waals surface area (Å²) in [5.74, 6) is -0.804. The maximum atomic E-state index is 10.8. The van der Waals surface area contributed by atoms with Gasteiger partial charge in [0.2, 0.25) is 0 Å². The number of carbonyl (C=O) groups is 1. The molecule has 0 aliphatic carbocycles. The molecule has 0 aromatic heterocycles. The van der Waals surface area contributed by atoms with E-state index in [0.717, 1.165) is 0 Å². The molecule has 1 rings (SSSR count). The van der Waals surface area contributed by atoms with Gasteiger partial charge in [0.1, 0.15) is 5.02 Å². The number of rotatable bonds is 6. The van der Waals surface area contributed by atoms with E-state index < -0.39 is 10.9 Å². The molecular weight excluding hydrogens is 284 g/mol. The number of benzene rings is 1. The number of anilines is 1. The normalized spacial score (nSPS) is 12.2. The number of nitrogens with one attached hydrogen (secondary N) is 1. The molecule has 0 aliphatic heterocycles. The molecular formula is C13H17ClN2O4. The van der Waals surface area contributed by atoms with Gasteiger partial charge >= 0.3 is 5.97 Å². The Bertz CT molecular complexity index is 531. The van der Waals surface area contributed by atoms with Gasteiger partial charge in [0.05, 0.1) is 11.3 Å². The highest BCUT2D eigenvalue weighted by atomic mass is 35.5. The SMILES string of the molecule is Cc1cc([N+](=O)[O-])c(Cl)cc1NC(CC(=O)O)C(C)C. The van der Waals surface area contributed by atoms with E-state index in [9.17, 15) is 14.9 Å². The van der Waals surface area contributed by atoms with E-state index in [1.165, 1.54) is 12.1 Å². The van der Waals surface area contributed by atoms with Crippen LogP contribution in [0.3, 0.4) is 0 Å². The van der Waals surface area contributed by atoms with Crippen LogP contribution in [0, 0.1) is 23.0 Å². The lowest BCUT2D eigenvalue weighted by Gasteiger charge is -2.23. The Hall–Kier alpha value is -1.82. The minimum atomic E-state index is -0.901. The first-order valence-electron chi connectivity index (χ1n) is 6.15. The molecule has 6 nitrogen and oxygen atoms in total. The monoisotopic (exact) mass is 300 g/mol. The lowest BCUT2D eigenvalue weighted by atomic mass is 10.00. The molecule has 0 amide bonds. The summed E-state index contributed by atoms with van der Waals surface area (Å²) in [5.41, 5.74) is 1.10. The Kier molecular flexibility index (Phi) is 5.33. The number of hydrogen-bond acceptors (Lipinski definition) is 4. The first-order chi connectivity index (χ1) is 9.22. The fourth-order valence-electron chi connectivity index (χ4n) is 1.80. The molecule has 0 aliphatic rings. The number of nitrogens with zero attached hydrogens (tertiary/aromatic N) is 1. The Morgan fingerprint density at radius 2 is 2.10 bits per heavy atom. The van der Waals surface area contributed by atoms with Crippen molar-refractivity contribution in [1.82, 2.24) is 0 Å². The fourth-order valence-corrected chi connectivity index (χ4v) is 2.04. The van der Waals surface area contributed by atoms with Crippen LogP contribution in [0.5, 0.6) is 0 Å². The van der Waals surface area contributed by atoms with Crippen LogP contribution in [-0.2, 0) is 4.79 Å². The Labute approximate surface area is 121 Å². The zero-order valence-electron chi connectivity index (χ0n) is 11.5. The van der Waals surface area contributed by atoms with E-state index in [4.69, 9.17) is 16.7 Å². The second kappa shape index (κ2) is 6.56. The second-order valence-electron chi connectivity index (χ2n) is 4.97. The van der Waals surface area contributed by atoms with Crippen molar-refractivity contribution in [2.75, 3.05) is 5.32 Å². The van der Waals surface area contributed by atoms with E-state index in [1.807, 2.05) is 13.8 Å². The highest BCUT2D eigenvalue weighted by Gasteiger charge is 2.20. The summed E-state index contributed by atoms with van der Waals surface area (Å²) >= 11 is 5.87. The molecule has 1 aromatic rings. The maximum Gasteiger partial charge on any atom is 0.305 e. The molecule has 1 aromatic carbocycles. The molecule has 0 saturated heterocycles. The number of aliphatic carboxylic acids is 1. The number of hydrogen-bond donors (Lipinski definition) is 2. The van der Waals surface area contributed by atoms with Gasteiger partial charge in [0.15, 0.2) is 0 Å². The number of halogens is 1. The third kappa shape index (κ3) is 4.09. The molecule has 7 heteroatoms. The molecule has 0 fully saturated rings. The third-order valence-corrected chi connectivity index (χ3v) is 3.33.